The molecule has 1 fully saturated rings. The SMILES string of the molecule is COc1ccc(C2CC(C(F)F)n3nc(-c4ccc(C(=O)O)cc4)cc3N2)cc1OCCC(C)(C)OC(=O)N1CCNCC1. The van der Waals surface area contributed by atoms with Crippen LogP contribution in [-0.2, 0) is 4.74 Å². The summed E-state index contributed by atoms with van der Waals surface area (Å²) in [6.07, 6.45) is -2.53. The zero-order valence-corrected chi connectivity index (χ0v) is 24.9. The van der Waals surface area contributed by atoms with Crippen LogP contribution in [0.5, 0.6) is 11.5 Å². The molecule has 1 aromatic heterocycles. The Morgan fingerprint density at radius 3 is 2.48 bits per heavy atom. The van der Waals surface area contributed by atoms with Crippen molar-refractivity contribution < 1.29 is 37.7 Å². The van der Waals surface area contributed by atoms with Gasteiger partial charge in [0.2, 0.25) is 0 Å². The molecule has 2 unspecified atom stereocenters. The molecule has 11 nitrogen and oxygen atoms in total. The minimum Gasteiger partial charge on any atom is -0.493 e. The van der Waals surface area contributed by atoms with Crippen molar-refractivity contribution in [3.05, 3.63) is 59.7 Å². The Bertz CT molecular complexity index is 1470. The Kier molecular flexibility index (Phi) is 9.23. The number of fused-ring (bicyclic) bond motifs is 1. The molecule has 1 saturated heterocycles. The number of halogens is 2. The van der Waals surface area contributed by atoms with Crippen LogP contribution >= 0.6 is 0 Å². The first-order valence-corrected chi connectivity index (χ1v) is 14.5. The maximum atomic E-state index is 14.3. The molecule has 0 aliphatic carbocycles. The number of hydrogen-bond donors (Lipinski definition) is 3. The van der Waals surface area contributed by atoms with E-state index in [-0.39, 0.29) is 24.7 Å². The first kappa shape index (κ1) is 31.0. The van der Waals surface area contributed by atoms with E-state index >= 15 is 0 Å². The van der Waals surface area contributed by atoms with Crippen LogP contribution < -0.4 is 20.1 Å². The number of aromatic carboxylic acids is 1. The number of nitrogens with one attached hydrogen (secondary N) is 2. The second-order valence-electron chi connectivity index (χ2n) is 11.4. The molecule has 0 spiro atoms. The van der Waals surface area contributed by atoms with Gasteiger partial charge in [0.15, 0.2) is 11.5 Å². The Labute approximate surface area is 254 Å². The molecule has 5 rings (SSSR count). The third kappa shape index (κ3) is 7.04. The van der Waals surface area contributed by atoms with Gasteiger partial charge >= 0.3 is 12.1 Å². The van der Waals surface area contributed by atoms with Gasteiger partial charge in [0, 0.05) is 44.2 Å². The molecule has 3 N–H and O–H groups in total. The summed E-state index contributed by atoms with van der Waals surface area (Å²) in [5, 5.41) is 20.1. The van der Waals surface area contributed by atoms with Crippen LogP contribution in [0.3, 0.4) is 0 Å². The molecule has 3 aromatic rings. The molecular formula is C31H37F2N5O6. The van der Waals surface area contributed by atoms with E-state index in [1.54, 1.807) is 35.2 Å². The minimum absolute atomic E-state index is 0.0739. The van der Waals surface area contributed by atoms with Crippen LogP contribution in [0.15, 0.2) is 48.5 Å². The van der Waals surface area contributed by atoms with Crippen LogP contribution in [0.25, 0.3) is 11.3 Å². The highest BCUT2D eigenvalue weighted by molar-refractivity contribution is 5.88. The summed E-state index contributed by atoms with van der Waals surface area (Å²) in [5.74, 6) is 0.310. The molecule has 2 atom stereocenters. The molecule has 13 heteroatoms. The van der Waals surface area contributed by atoms with E-state index in [0.717, 1.165) is 18.7 Å². The van der Waals surface area contributed by atoms with E-state index in [1.165, 1.54) is 23.9 Å². The van der Waals surface area contributed by atoms with Crippen LogP contribution in [0, 0.1) is 0 Å². The van der Waals surface area contributed by atoms with Crippen molar-refractivity contribution in [2.24, 2.45) is 0 Å². The summed E-state index contributed by atoms with van der Waals surface area (Å²) in [6.45, 7) is 6.55. The lowest BCUT2D eigenvalue weighted by atomic mass is 9.97. The first-order valence-electron chi connectivity index (χ1n) is 14.5. The number of benzene rings is 2. The Hall–Kier alpha value is -4.39. The monoisotopic (exact) mass is 613 g/mol. The van der Waals surface area contributed by atoms with E-state index in [2.05, 4.69) is 15.7 Å². The molecule has 0 radical (unpaired) electrons. The fourth-order valence-electron chi connectivity index (χ4n) is 5.32. The first-order chi connectivity index (χ1) is 21.0. The number of ether oxygens (including phenoxy) is 3. The zero-order chi connectivity index (χ0) is 31.4. The summed E-state index contributed by atoms with van der Waals surface area (Å²) in [6, 6.07) is 11.5. The van der Waals surface area contributed by atoms with Gasteiger partial charge in [-0.25, -0.2) is 23.1 Å². The highest BCUT2D eigenvalue weighted by Crippen LogP contribution is 2.41. The molecule has 2 aromatic carbocycles. The smallest absolute Gasteiger partial charge is 0.410 e. The highest BCUT2D eigenvalue weighted by Gasteiger charge is 2.35. The number of methoxy groups -OCH3 is 1. The lowest BCUT2D eigenvalue weighted by Crippen LogP contribution is -2.48. The highest BCUT2D eigenvalue weighted by atomic mass is 19.3. The lowest BCUT2D eigenvalue weighted by Gasteiger charge is -2.32. The molecule has 44 heavy (non-hydrogen) atoms. The molecule has 0 bridgehead atoms. The van der Waals surface area contributed by atoms with Crippen LogP contribution in [0.4, 0.5) is 19.4 Å². The third-order valence-corrected chi connectivity index (χ3v) is 7.86. The van der Waals surface area contributed by atoms with Gasteiger partial charge in [0.1, 0.15) is 17.5 Å². The number of aromatic nitrogens is 2. The van der Waals surface area contributed by atoms with Gasteiger partial charge in [-0.1, -0.05) is 18.2 Å². The summed E-state index contributed by atoms with van der Waals surface area (Å²) in [4.78, 5) is 25.5. The molecule has 0 saturated carbocycles. The molecule has 236 valence electrons. The number of nitrogens with zero attached hydrogens (tertiary/aromatic N) is 3. The van der Waals surface area contributed by atoms with Crippen molar-refractivity contribution in [1.29, 1.82) is 0 Å². The molecule has 2 aliphatic heterocycles. The standard InChI is InChI=1S/C31H37F2N5O6/c1-31(2,44-30(41)37-13-11-34-12-14-37)10-15-43-26-16-21(8-9-25(26)42-3)22-17-24(28(32)33)38-27(35-22)18-23(36-38)19-4-6-20(7-5-19)29(39)40/h4-9,16,18,22,24,28,34-35H,10-15,17H2,1-3H3,(H,39,40). The Morgan fingerprint density at radius 2 is 1.82 bits per heavy atom. The maximum absolute atomic E-state index is 14.3. The van der Waals surface area contributed by atoms with Crippen LogP contribution in [0.2, 0.25) is 0 Å². The number of carboxylic acid groups (broad SMARTS) is 1. The number of rotatable bonds is 10. The third-order valence-electron chi connectivity index (χ3n) is 7.86. The predicted octanol–water partition coefficient (Wildman–Crippen LogP) is 5.21. The van der Waals surface area contributed by atoms with E-state index in [4.69, 9.17) is 14.2 Å². The van der Waals surface area contributed by atoms with Gasteiger partial charge in [0.25, 0.3) is 6.43 Å². The summed E-state index contributed by atoms with van der Waals surface area (Å²) in [5.41, 5.74) is 1.15. The summed E-state index contributed by atoms with van der Waals surface area (Å²) >= 11 is 0. The van der Waals surface area contributed by atoms with Gasteiger partial charge in [0.05, 0.1) is 31.0 Å². The number of carbonyl (C=O) groups excluding carboxylic acids is 1. The number of anilines is 1. The van der Waals surface area contributed by atoms with Gasteiger partial charge in [-0.05, 0) is 50.1 Å². The Balaban J connectivity index is 1.29. The number of piperazine rings is 1. The number of alkyl halides is 2. The normalized spacial score (nSPS) is 18.4. The molecule has 3 heterocycles. The second kappa shape index (κ2) is 13.1. The number of carboxylic acids is 1. The average molecular weight is 614 g/mol. The van der Waals surface area contributed by atoms with Gasteiger partial charge < -0.3 is 34.9 Å². The van der Waals surface area contributed by atoms with Crippen LogP contribution in [0.1, 0.15) is 54.7 Å². The molecular weight excluding hydrogens is 576 g/mol. The fraction of sp³-hybridized carbons (Fsp3) is 0.452. The minimum atomic E-state index is -2.67. The fourth-order valence-corrected chi connectivity index (χ4v) is 5.32. The van der Waals surface area contributed by atoms with Crippen LogP contribution in [-0.4, -0.2) is 83.8 Å². The lowest BCUT2D eigenvalue weighted by molar-refractivity contribution is -0.000270. The van der Waals surface area contributed by atoms with E-state index in [9.17, 15) is 23.5 Å². The Morgan fingerprint density at radius 1 is 1.09 bits per heavy atom. The van der Waals surface area contributed by atoms with Crippen molar-refractivity contribution in [3.8, 4) is 22.8 Å². The zero-order valence-electron chi connectivity index (χ0n) is 24.9. The largest absolute Gasteiger partial charge is 0.493 e. The van der Waals surface area contributed by atoms with Crippen molar-refractivity contribution in [3.63, 3.8) is 0 Å². The predicted molar refractivity (Wildman–Crippen MR) is 159 cm³/mol. The summed E-state index contributed by atoms with van der Waals surface area (Å²) < 4.78 is 47.2. The van der Waals surface area contributed by atoms with E-state index < -0.39 is 30.1 Å². The topological polar surface area (TPSA) is 127 Å². The second-order valence-corrected chi connectivity index (χ2v) is 11.4. The molecule has 2 aliphatic rings. The quantitative estimate of drug-likeness (QED) is 0.282. The van der Waals surface area contributed by atoms with Gasteiger partial charge in [-0.2, -0.15) is 5.10 Å². The van der Waals surface area contributed by atoms with Crippen molar-refractivity contribution in [2.45, 2.75) is 50.8 Å². The van der Waals surface area contributed by atoms with Crippen molar-refractivity contribution >= 4 is 17.9 Å². The van der Waals surface area contributed by atoms with Crippen molar-refractivity contribution in [2.75, 3.05) is 45.2 Å². The van der Waals surface area contributed by atoms with E-state index in [0.29, 0.717) is 48.1 Å². The average Bonchev–Trinajstić information content (AvgIpc) is 3.45. The molecule has 1 amide bonds. The number of hydrogen-bond acceptors (Lipinski definition) is 8. The summed E-state index contributed by atoms with van der Waals surface area (Å²) in [7, 11) is 1.52. The number of amides is 1. The number of carbonyl (C=O) groups is 2. The van der Waals surface area contributed by atoms with Gasteiger partial charge in [-0.3, -0.25) is 0 Å². The van der Waals surface area contributed by atoms with Crippen molar-refractivity contribution in [1.82, 2.24) is 20.0 Å². The maximum Gasteiger partial charge on any atom is 0.410 e. The van der Waals surface area contributed by atoms with E-state index in [1.807, 2.05) is 19.9 Å². The van der Waals surface area contributed by atoms with Gasteiger partial charge in [-0.15, -0.1) is 0 Å².